The van der Waals surface area contributed by atoms with Gasteiger partial charge in [-0.05, 0) is 40.2 Å². The zero-order valence-corrected chi connectivity index (χ0v) is 8.46. The van der Waals surface area contributed by atoms with Crippen molar-refractivity contribution in [2.24, 2.45) is 0 Å². The predicted molar refractivity (Wildman–Crippen MR) is 47.7 cm³/mol. The molecule has 1 N–H and O–H groups in total. The van der Waals surface area contributed by atoms with E-state index in [1.54, 1.807) is 0 Å². The molecule has 0 bridgehead atoms. The summed E-state index contributed by atoms with van der Waals surface area (Å²) in [6.45, 7) is 6.64. The number of hydrogen-bond donors (Lipinski definition) is 1. The lowest BCUT2D eigenvalue weighted by atomic mass is 10.1. The van der Waals surface area contributed by atoms with E-state index < -0.39 is 12.6 Å². The lowest BCUT2D eigenvalue weighted by molar-refractivity contribution is -0.135. The van der Waals surface area contributed by atoms with Gasteiger partial charge in [0, 0.05) is 12.0 Å². The minimum absolute atomic E-state index is 0.00175. The van der Waals surface area contributed by atoms with Crippen LogP contribution >= 0.6 is 0 Å². The van der Waals surface area contributed by atoms with E-state index in [4.69, 9.17) is 0 Å². The van der Waals surface area contributed by atoms with E-state index in [2.05, 4.69) is 5.32 Å². The van der Waals surface area contributed by atoms with Crippen LogP contribution in [-0.2, 0) is 0 Å². The summed E-state index contributed by atoms with van der Waals surface area (Å²) in [5, 5.41) is 3.14. The first-order valence-electron chi connectivity index (χ1n) is 4.52. The molecule has 0 aliphatic rings. The van der Waals surface area contributed by atoms with E-state index >= 15 is 0 Å². The van der Waals surface area contributed by atoms with Gasteiger partial charge in [-0.1, -0.05) is 0 Å². The maximum Gasteiger partial charge on any atom is 0.389 e. The van der Waals surface area contributed by atoms with Crippen LogP contribution in [0.1, 0.15) is 40.0 Å². The molecule has 0 atom stereocenters. The topological polar surface area (TPSA) is 12.0 Å². The standard InChI is InChI=1S/C9H18F3N/c1-8(2,3)13-7-5-4-6-9(10,11)12/h13H,4-7H2,1-3H3. The van der Waals surface area contributed by atoms with Gasteiger partial charge < -0.3 is 5.32 Å². The molecule has 0 amide bonds. The van der Waals surface area contributed by atoms with Crippen molar-refractivity contribution in [1.29, 1.82) is 0 Å². The van der Waals surface area contributed by atoms with Gasteiger partial charge in [0.05, 0.1) is 0 Å². The molecule has 0 rings (SSSR count). The molecule has 0 radical (unpaired) electrons. The Morgan fingerprint density at radius 2 is 1.54 bits per heavy atom. The van der Waals surface area contributed by atoms with Crippen LogP contribution in [0, 0.1) is 0 Å². The van der Waals surface area contributed by atoms with Crippen LogP contribution in [0.5, 0.6) is 0 Å². The summed E-state index contributed by atoms with van der Waals surface area (Å²) >= 11 is 0. The molecule has 0 unspecified atom stereocenters. The van der Waals surface area contributed by atoms with E-state index in [0.717, 1.165) is 0 Å². The molecule has 0 saturated heterocycles. The Kier molecular flexibility index (Phi) is 4.75. The second-order valence-electron chi connectivity index (χ2n) is 4.25. The number of rotatable bonds is 4. The third-order valence-corrected chi connectivity index (χ3v) is 1.54. The van der Waals surface area contributed by atoms with Gasteiger partial charge >= 0.3 is 6.18 Å². The fraction of sp³-hybridized carbons (Fsp3) is 1.00. The Bertz CT molecular complexity index is 119. The van der Waals surface area contributed by atoms with E-state index in [1.165, 1.54) is 0 Å². The largest absolute Gasteiger partial charge is 0.389 e. The smallest absolute Gasteiger partial charge is 0.312 e. The van der Waals surface area contributed by atoms with E-state index in [-0.39, 0.29) is 12.0 Å². The fourth-order valence-corrected chi connectivity index (χ4v) is 0.914. The summed E-state index contributed by atoms with van der Waals surface area (Å²) in [5.41, 5.74) is -0.00175. The third-order valence-electron chi connectivity index (χ3n) is 1.54. The molecule has 0 aromatic carbocycles. The van der Waals surface area contributed by atoms with Crippen LogP contribution in [0.2, 0.25) is 0 Å². The zero-order valence-electron chi connectivity index (χ0n) is 8.46. The zero-order chi connectivity index (χ0) is 10.5. The maximum atomic E-state index is 11.7. The summed E-state index contributed by atoms with van der Waals surface area (Å²) < 4.78 is 35.1. The van der Waals surface area contributed by atoms with Gasteiger partial charge in [0.15, 0.2) is 0 Å². The summed E-state index contributed by atoms with van der Waals surface area (Å²) in [6.07, 6.45) is -3.87. The molecule has 80 valence electrons. The van der Waals surface area contributed by atoms with Crippen molar-refractivity contribution in [2.75, 3.05) is 6.54 Å². The molecule has 0 spiro atoms. The lowest BCUT2D eigenvalue weighted by Crippen LogP contribution is -2.36. The monoisotopic (exact) mass is 197 g/mol. The number of alkyl halides is 3. The van der Waals surface area contributed by atoms with Gasteiger partial charge in [0.2, 0.25) is 0 Å². The molecule has 0 fully saturated rings. The van der Waals surface area contributed by atoms with Crippen molar-refractivity contribution in [3.63, 3.8) is 0 Å². The summed E-state index contributed by atoms with van der Waals surface area (Å²) in [5.74, 6) is 0. The molecule has 1 nitrogen and oxygen atoms in total. The molecule has 0 saturated carbocycles. The van der Waals surface area contributed by atoms with Crippen LogP contribution in [-0.4, -0.2) is 18.3 Å². The Morgan fingerprint density at radius 3 is 1.92 bits per heavy atom. The van der Waals surface area contributed by atoms with Gasteiger partial charge in [-0.15, -0.1) is 0 Å². The summed E-state index contributed by atoms with van der Waals surface area (Å²) in [4.78, 5) is 0. The molecule has 13 heavy (non-hydrogen) atoms. The predicted octanol–water partition coefficient (Wildman–Crippen LogP) is 3.11. The van der Waals surface area contributed by atoms with Crippen molar-refractivity contribution in [3.8, 4) is 0 Å². The first-order valence-corrected chi connectivity index (χ1v) is 4.52. The van der Waals surface area contributed by atoms with Crippen molar-refractivity contribution >= 4 is 0 Å². The van der Waals surface area contributed by atoms with Crippen LogP contribution in [0.15, 0.2) is 0 Å². The highest BCUT2D eigenvalue weighted by Crippen LogP contribution is 2.21. The van der Waals surface area contributed by atoms with Crippen molar-refractivity contribution in [2.45, 2.75) is 51.7 Å². The Morgan fingerprint density at radius 1 is 1.00 bits per heavy atom. The SMILES string of the molecule is CC(C)(C)NCCCCC(F)(F)F. The molecule has 0 aliphatic heterocycles. The highest BCUT2D eigenvalue weighted by molar-refractivity contribution is 4.69. The van der Waals surface area contributed by atoms with E-state index in [0.29, 0.717) is 13.0 Å². The van der Waals surface area contributed by atoms with E-state index in [1.807, 2.05) is 20.8 Å². The summed E-state index contributed by atoms with van der Waals surface area (Å²) in [6, 6.07) is 0. The Balaban J connectivity index is 3.28. The van der Waals surface area contributed by atoms with Gasteiger partial charge in [-0.3, -0.25) is 0 Å². The molecule has 0 aromatic rings. The minimum Gasteiger partial charge on any atom is -0.312 e. The Labute approximate surface area is 77.7 Å². The molecular weight excluding hydrogens is 179 g/mol. The Hall–Kier alpha value is -0.250. The number of halogens is 3. The highest BCUT2D eigenvalue weighted by atomic mass is 19.4. The van der Waals surface area contributed by atoms with Gasteiger partial charge in [-0.2, -0.15) is 13.2 Å². The van der Waals surface area contributed by atoms with Crippen LogP contribution in [0.4, 0.5) is 13.2 Å². The molecule has 0 aliphatic carbocycles. The summed E-state index contributed by atoms with van der Waals surface area (Å²) in [7, 11) is 0. The van der Waals surface area contributed by atoms with Gasteiger partial charge in [-0.25, -0.2) is 0 Å². The number of nitrogens with one attached hydrogen (secondary N) is 1. The third kappa shape index (κ3) is 11.8. The number of unbranched alkanes of at least 4 members (excludes halogenated alkanes) is 1. The van der Waals surface area contributed by atoms with Gasteiger partial charge in [0.25, 0.3) is 0 Å². The van der Waals surface area contributed by atoms with Gasteiger partial charge in [0.1, 0.15) is 0 Å². The fourth-order valence-electron chi connectivity index (χ4n) is 0.914. The number of hydrogen-bond acceptors (Lipinski definition) is 1. The second-order valence-corrected chi connectivity index (χ2v) is 4.25. The quantitative estimate of drug-likeness (QED) is 0.683. The minimum atomic E-state index is -4.00. The normalized spacial score (nSPS) is 13.4. The molecule has 0 aromatic heterocycles. The highest BCUT2D eigenvalue weighted by Gasteiger charge is 2.25. The second kappa shape index (κ2) is 4.84. The van der Waals surface area contributed by atoms with Crippen LogP contribution < -0.4 is 5.32 Å². The first-order chi connectivity index (χ1) is 5.71. The van der Waals surface area contributed by atoms with E-state index in [9.17, 15) is 13.2 Å². The van der Waals surface area contributed by atoms with Crippen LogP contribution in [0.25, 0.3) is 0 Å². The molecular formula is C9H18F3N. The first kappa shape index (κ1) is 12.8. The van der Waals surface area contributed by atoms with Crippen LogP contribution in [0.3, 0.4) is 0 Å². The molecule has 0 heterocycles. The van der Waals surface area contributed by atoms with Crippen molar-refractivity contribution < 1.29 is 13.2 Å². The molecule has 4 heteroatoms. The van der Waals surface area contributed by atoms with Crippen molar-refractivity contribution in [3.05, 3.63) is 0 Å². The van der Waals surface area contributed by atoms with Crippen molar-refractivity contribution in [1.82, 2.24) is 5.32 Å². The average molecular weight is 197 g/mol. The maximum absolute atomic E-state index is 11.7. The average Bonchev–Trinajstić information content (AvgIpc) is 1.81. The lowest BCUT2D eigenvalue weighted by Gasteiger charge is -2.20.